The number of carbonyl (C=O) groups is 1. The van der Waals surface area contributed by atoms with Gasteiger partial charge in [0, 0.05) is 19.1 Å². The summed E-state index contributed by atoms with van der Waals surface area (Å²) in [7, 11) is 0. The molecule has 1 amide bonds. The maximum Gasteiger partial charge on any atom is 0.227 e. The van der Waals surface area contributed by atoms with E-state index in [2.05, 4.69) is 32.6 Å². The minimum absolute atomic E-state index is 0.00256. The van der Waals surface area contributed by atoms with Crippen LogP contribution in [0.2, 0.25) is 0 Å². The molecule has 1 aliphatic rings. The zero-order valence-corrected chi connectivity index (χ0v) is 11.8. The molecule has 0 aromatic carbocycles. The van der Waals surface area contributed by atoms with E-state index >= 15 is 0 Å². The van der Waals surface area contributed by atoms with E-state index < -0.39 is 0 Å². The van der Waals surface area contributed by atoms with E-state index in [1.807, 2.05) is 0 Å². The Morgan fingerprint density at radius 3 is 2.24 bits per heavy atom. The Hall–Kier alpha value is -0.570. The molecule has 1 fully saturated rings. The van der Waals surface area contributed by atoms with Crippen molar-refractivity contribution >= 4 is 5.91 Å². The zero-order chi connectivity index (χ0) is 13.0. The van der Waals surface area contributed by atoms with Gasteiger partial charge in [-0.1, -0.05) is 27.7 Å². The van der Waals surface area contributed by atoms with Crippen LogP contribution in [0.15, 0.2) is 0 Å². The second-order valence-corrected chi connectivity index (χ2v) is 6.03. The Labute approximate surface area is 106 Å². The quantitative estimate of drug-likeness (QED) is 0.742. The summed E-state index contributed by atoms with van der Waals surface area (Å²) in [4.78, 5) is 14.6. The number of hydrogen-bond donors (Lipinski definition) is 1. The van der Waals surface area contributed by atoms with Crippen molar-refractivity contribution in [3.05, 3.63) is 0 Å². The minimum atomic E-state index is 0.00256. The Morgan fingerprint density at radius 1 is 1.29 bits per heavy atom. The average molecular weight is 240 g/mol. The molecule has 3 heteroatoms. The standard InChI is InChI=1S/C14H28N2O/c1-10(2)7-8-16(12-5-6-12)14(17)13(9-15)11(3)4/h10-13H,5-9,15H2,1-4H3. The lowest BCUT2D eigenvalue weighted by molar-refractivity contribution is -0.137. The summed E-state index contributed by atoms with van der Waals surface area (Å²) in [5.41, 5.74) is 5.74. The van der Waals surface area contributed by atoms with Gasteiger partial charge in [-0.25, -0.2) is 0 Å². The molecule has 0 heterocycles. The smallest absolute Gasteiger partial charge is 0.227 e. The van der Waals surface area contributed by atoms with Crippen LogP contribution in [0.3, 0.4) is 0 Å². The van der Waals surface area contributed by atoms with Crippen molar-refractivity contribution in [1.82, 2.24) is 4.90 Å². The Bertz CT molecular complexity index is 247. The minimum Gasteiger partial charge on any atom is -0.339 e. The van der Waals surface area contributed by atoms with Crippen LogP contribution in [-0.2, 0) is 4.79 Å². The van der Waals surface area contributed by atoms with Gasteiger partial charge in [-0.05, 0) is 31.1 Å². The van der Waals surface area contributed by atoms with E-state index in [0.717, 1.165) is 13.0 Å². The van der Waals surface area contributed by atoms with Gasteiger partial charge in [-0.15, -0.1) is 0 Å². The first kappa shape index (κ1) is 14.5. The summed E-state index contributed by atoms with van der Waals surface area (Å²) >= 11 is 0. The highest BCUT2D eigenvalue weighted by Gasteiger charge is 2.35. The average Bonchev–Trinajstić information content (AvgIpc) is 3.02. The normalized spacial score (nSPS) is 17.6. The molecule has 0 aromatic rings. The van der Waals surface area contributed by atoms with Crippen molar-refractivity contribution in [2.75, 3.05) is 13.1 Å². The second-order valence-electron chi connectivity index (χ2n) is 6.03. The fourth-order valence-electron chi connectivity index (χ4n) is 2.13. The molecule has 1 unspecified atom stereocenters. The number of rotatable bonds is 7. The molecular weight excluding hydrogens is 212 g/mol. The molecule has 1 aliphatic carbocycles. The molecule has 1 atom stereocenters. The first-order chi connectivity index (χ1) is 7.97. The van der Waals surface area contributed by atoms with Gasteiger partial charge in [0.1, 0.15) is 0 Å². The third-order valence-corrected chi connectivity index (χ3v) is 3.59. The summed E-state index contributed by atoms with van der Waals surface area (Å²) in [6.07, 6.45) is 3.45. The summed E-state index contributed by atoms with van der Waals surface area (Å²) in [5.74, 6) is 1.28. The second kappa shape index (κ2) is 6.39. The van der Waals surface area contributed by atoms with E-state index in [1.165, 1.54) is 12.8 Å². The van der Waals surface area contributed by atoms with E-state index in [9.17, 15) is 4.79 Å². The Kier molecular flexibility index (Phi) is 5.44. The number of nitrogens with two attached hydrogens (primary N) is 1. The maximum absolute atomic E-state index is 12.5. The van der Waals surface area contributed by atoms with Gasteiger partial charge in [0.15, 0.2) is 0 Å². The first-order valence-electron chi connectivity index (χ1n) is 6.97. The monoisotopic (exact) mass is 240 g/mol. The van der Waals surface area contributed by atoms with Gasteiger partial charge >= 0.3 is 0 Å². The number of nitrogens with zero attached hydrogens (tertiary/aromatic N) is 1. The summed E-state index contributed by atoms with van der Waals surface area (Å²) in [6.45, 7) is 9.97. The van der Waals surface area contributed by atoms with Crippen LogP contribution in [0, 0.1) is 17.8 Å². The molecule has 3 nitrogen and oxygen atoms in total. The van der Waals surface area contributed by atoms with Crippen molar-refractivity contribution in [3.8, 4) is 0 Å². The summed E-state index contributed by atoms with van der Waals surface area (Å²) in [6, 6.07) is 0.508. The zero-order valence-electron chi connectivity index (χ0n) is 11.8. The van der Waals surface area contributed by atoms with Gasteiger partial charge in [-0.2, -0.15) is 0 Å². The fraction of sp³-hybridized carbons (Fsp3) is 0.929. The van der Waals surface area contributed by atoms with E-state index in [1.54, 1.807) is 0 Å². The third kappa shape index (κ3) is 4.30. The summed E-state index contributed by atoms with van der Waals surface area (Å²) in [5, 5.41) is 0. The molecule has 2 N–H and O–H groups in total. The Morgan fingerprint density at radius 2 is 1.88 bits per heavy atom. The van der Waals surface area contributed by atoms with Gasteiger partial charge < -0.3 is 10.6 Å². The van der Waals surface area contributed by atoms with Crippen molar-refractivity contribution in [3.63, 3.8) is 0 Å². The predicted molar refractivity (Wildman–Crippen MR) is 71.6 cm³/mol. The molecule has 0 saturated heterocycles. The lowest BCUT2D eigenvalue weighted by Crippen LogP contribution is -2.43. The SMILES string of the molecule is CC(C)CCN(C(=O)C(CN)C(C)C)C1CC1. The molecule has 0 spiro atoms. The highest BCUT2D eigenvalue weighted by molar-refractivity contribution is 5.80. The molecule has 1 saturated carbocycles. The molecular formula is C14H28N2O. The van der Waals surface area contributed by atoms with Crippen molar-refractivity contribution in [2.24, 2.45) is 23.5 Å². The van der Waals surface area contributed by atoms with Crippen LogP contribution in [0.5, 0.6) is 0 Å². The van der Waals surface area contributed by atoms with Gasteiger partial charge in [-0.3, -0.25) is 4.79 Å². The van der Waals surface area contributed by atoms with Crippen molar-refractivity contribution < 1.29 is 4.79 Å². The van der Waals surface area contributed by atoms with Gasteiger partial charge in [0.25, 0.3) is 0 Å². The van der Waals surface area contributed by atoms with Crippen LogP contribution in [0.25, 0.3) is 0 Å². The van der Waals surface area contributed by atoms with E-state index in [0.29, 0.717) is 24.4 Å². The third-order valence-electron chi connectivity index (χ3n) is 3.59. The number of carbonyl (C=O) groups excluding carboxylic acids is 1. The van der Waals surface area contributed by atoms with E-state index in [4.69, 9.17) is 5.73 Å². The van der Waals surface area contributed by atoms with Crippen LogP contribution in [-0.4, -0.2) is 29.9 Å². The summed E-state index contributed by atoms with van der Waals surface area (Å²) < 4.78 is 0. The van der Waals surface area contributed by atoms with E-state index in [-0.39, 0.29) is 11.8 Å². The molecule has 0 aliphatic heterocycles. The van der Waals surface area contributed by atoms with Crippen LogP contribution in [0.1, 0.15) is 47.0 Å². The molecule has 0 aromatic heterocycles. The predicted octanol–water partition coefficient (Wildman–Crippen LogP) is 2.25. The molecule has 100 valence electrons. The van der Waals surface area contributed by atoms with Crippen LogP contribution in [0.4, 0.5) is 0 Å². The number of hydrogen-bond acceptors (Lipinski definition) is 2. The van der Waals surface area contributed by atoms with Crippen LogP contribution < -0.4 is 5.73 Å². The topological polar surface area (TPSA) is 46.3 Å². The molecule has 0 bridgehead atoms. The molecule has 0 radical (unpaired) electrons. The Balaban J connectivity index is 2.59. The highest BCUT2D eigenvalue weighted by atomic mass is 16.2. The van der Waals surface area contributed by atoms with Crippen LogP contribution >= 0.6 is 0 Å². The van der Waals surface area contributed by atoms with Gasteiger partial charge in [0.05, 0.1) is 5.92 Å². The van der Waals surface area contributed by atoms with Gasteiger partial charge in [0.2, 0.25) is 5.91 Å². The largest absolute Gasteiger partial charge is 0.339 e. The number of amides is 1. The molecule has 1 rings (SSSR count). The molecule has 17 heavy (non-hydrogen) atoms. The maximum atomic E-state index is 12.5. The lowest BCUT2D eigenvalue weighted by atomic mass is 9.94. The first-order valence-corrected chi connectivity index (χ1v) is 6.97. The highest BCUT2D eigenvalue weighted by Crippen LogP contribution is 2.29. The fourth-order valence-corrected chi connectivity index (χ4v) is 2.13. The van der Waals surface area contributed by atoms with Crippen molar-refractivity contribution in [2.45, 2.75) is 53.0 Å². The van der Waals surface area contributed by atoms with Crippen molar-refractivity contribution in [1.29, 1.82) is 0 Å². The lowest BCUT2D eigenvalue weighted by Gasteiger charge is -2.29.